The van der Waals surface area contributed by atoms with E-state index in [1.165, 1.54) is 87.8 Å². The van der Waals surface area contributed by atoms with Gasteiger partial charge in [0.1, 0.15) is 0 Å². The molecule has 3 aromatic heterocycles. The molecule has 0 unspecified atom stereocenters. The van der Waals surface area contributed by atoms with Crippen molar-refractivity contribution >= 4 is 65.4 Å². The molecule has 3 heterocycles. The van der Waals surface area contributed by atoms with Crippen LogP contribution in [0.5, 0.6) is 0 Å². The number of fused-ring (bicyclic) bond motifs is 9. The Labute approximate surface area is 329 Å². The normalized spacial score (nSPS) is 11.9. The first-order chi connectivity index (χ1) is 28.3. The van der Waals surface area contributed by atoms with Crippen LogP contribution in [0.3, 0.4) is 0 Å². The molecule has 0 saturated heterocycles. The van der Waals surface area contributed by atoms with Crippen molar-refractivity contribution < 1.29 is 0 Å². The van der Waals surface area contributed by atoms with Crippen LogP contribution in [-0.2, 0) is 0 Å². The van der Waals surface area contributed by atoms with Gasteiger partial charge in [0.05, 0.1) is 33.3 Å². The SMILES string of the molecule is c1ccc(-c2cc(-c3ccccc3)cc(-n3c4ccccc4c4cc(-c5ccc6c(c5)c5ccccc5n6-c5cccc6c5[nH]c5ccccc56)ccc43)c2)cc1. The Morgan fingerprint density at radius 1 is 0.281 bits per heavy atom. The summed E-state index contributed by atoms with van der Waals surface area (Å²) in [5.74, 6) is 0. The molecule has 12 rings (SSSR count). The number of rotatable bonds is 5. The lowest BCUT2D eigenvalue weighted by molar-refractivity contribution is 1.18. The van der Waals surface area contributed by atoms with Crippen molar-refractivity contribution in [3.05, 3.63) is 206 Å². The zero-order valence-electron chi connectivity index (χ0n) is 31.0. The predicted molar refractivity (Wildman–Crippen MR) is 241 cm³/mol. The number of nitrogens with one attached hydrogen (secondary N) is 1. The molecule has 0 aliphatic heterocycles. The van der Waals surface area contributed by atoms with E-state index in [2.05, 4.69) is 220 Å². The minimum atomic E-state index is 1.15. The average Bonchev–Trinajstić information content (AvgIpc) is 3.94. The van der Waals surface area contributed by atoms with E-state index in [1.54, 1.807) is 0 Å². The number of hydrogen-bond donors (Lipinski definition) is 1. The monoisotopic (exact) mass is 725 g/mol. The summed E-state index contributed by atoms with van der Waals surface area (Å²) in [6.45, 7) is 0. The van der Waals surface area contributed by atoms with Gasteiger partial charge in [-0.05, 0) is 100 Å². The van der Waals surface area contributed by atoms with Gasteiger partial charge in [-0.1, -0.05) is 140 Å². The maximum atomic E-state index is 3.75. The van der Waals surface area contributed by atoms with Crippen molar-refractivity contribution in [2.24, 2.45) is 0 Å². The quantitative estimate of drug-likeness (QED) is 0.183. The predicted octanol–water partition coefficient (Wildman–Crippen LogP) is 14.5. The van der Waals surface area contributed by atoms with Crippen LogP contribution in [0.1, 0.15) is 0 Å². The van der Waals surface area contributed by atoms with Crippen molar-refractivity contribution in [3.8, 4) is 44.8 Å². The van der Waals surface area contributed by atoms with Gasteiger partial charge in [-0.15, -0.1) is 0 Å². The van der Waals surface area contributed by atoms with Gasteiger partial charge in [-0.3, -0.25) is 0 Å². The first-order valence-corrected chi connectivity index (χ1v) is 19.6. The van der Waals surface area contributed by atoms with Crippen LogP contribution in [0.4, 0.5) is 0 Å². The highest BCUT2D eigenvalue weighted by molar-refractivity contribution is 6.15. The molecule has 12 aromatic rings. The van der Waals surface area contributed by atoms with Gasteiger partial charge in [0, 0.05) is 43.5 Å². The summed E-state index contributed by atoms with van der Waals surface area (Å²) in [6, 6.07) is 75.2. The fraction of sp³-hybridized carbons (Fsp3) is 0. The minimum absolute atomic E-state index is 1.15. The van der Waals surface area contributed by atoms with Crippen molar-refractivity contribution in [2.45, 2.75) is 0 Å². The zero-order valence-corrected chi connectivity index (χ0v) is 31.0. The Kier molecular flexibility index (Phi) is 6.93. The third-order valence-corrected chi connectivity index (χ3v) is 11.8. The minimum Gasteiger partial charge on any atom is -0.353 e. The molecule has 3 nitrogen and oxygen atoms in total. The van der Waals surface area contributed by atoms with E-state index in [0.717, 1.165) is 22.4 Å². The van der Waals surface area contributed by atoms with E-state index in [-0.39, 0.29) is 0 Å². The zero-order chi connectivity index (χ0) is 37.5. The second-order valence-electron chi connectivity index (χ2n) is 15.0. The maximum absolute atomic E-state index is 3.75. The topological polar surface area (TPSA) is 25.6 Å². The molecule has 57 heavy (non-hydrogen) atoms. The van der Waals surface area contributed by atoms with E-state index in [0.29, 0.717) is 0 Å². The Balaban J connectivity index is 1.04. The van der Waals surface area contributed by atoms with Crippen molar-refractivity contribution in [3.63, 3.8) is 0 Å². The lowest BCUT2D eigenvalue weighted by Gasteiger charge is -2.14. The van der Waals surface area contributed by atoms with Crippen molar-refractivity contribution in [1.29, 1.82) is 0 Å². The van der Waals surface area contributed by atoms with Gasteiger partial charge < -0.3 is 14.1 Å². The molecule has 0 amide bonds. The molecule has 0 radical (unpaired) electrons. The number of nitrogens with zero attached hydrogens (tertiary/aromatic N) is 2. The number of hydrogen-bond acceptors (Lipinski definition) is 0. The van der Waals surface area contributed by atoms with Gasteiger partial charge in [0.2, 0.25) is 0 Å². The number of aromatic amines is 1. The maximum Gasteiger partial charge on any atom is 0.0709 e. The van der Waals surface area contributed by atoms with Gasteiger partial charge in [-0.25, -0.2) is 0 Å². The Morgan fingerprint density at radius 2 is 0.772 bits per heavy atom. The summed E-state index contributed by atoms with van der Waals surface area (Å²) >= 11 is 0. The molecular weight excluding hydrogens is 691 g/mol. The van der Waals surface area contributed by atoms with Crippen LogP contribution in [0.2, 0.25) is 0 Å². The van der Waals surface area contributed by atoms with E-state index in [4.69, 9.17) is 0 Å². The molecule has 266 valence electrons. The molecule has 3 heteroatoms. The average molecular weight is 726 g/mol. The number of para-hydroxylation sites is 4. The van der Waals surface area contributed by atoms with Crippen molar-refractivity contribution in [2.75, 3.05) is 0 Å². The second-order valence-corrected chi connectivity index (χ2v) is 15.0. The van der Waals surface area contributed by atoms with E-state index in [9.17, 15) is 0 Å². The molecule has 0 aliphatic rings. The van der Waals surface area contributed by atoms with Crippen LogP contribution in [0.25, 0.3) is 110 Å². The molecule has 0 spiro atoms. The summed E-state index contributed by atoms with van der Waals surface area (Å²) in [4.78, 5) is 3.75. The second kappa shape index (κ2) is 12.5. The molecule has 0 saturated carbocycles. The summed E-state index contributed by atoms with van der Waals surface area (Å²) < 4.78 is 4.87. The third kappa shape index (κ3) is 4.92. The van der Waals surface area contributed by atoms with Gasteiger partial charge in [0.25, 0.3) is 0 Å². The standard InChI is InChI=1S/C54H35N3/c1-3-14-35(15-4-1)39-30-40(36-16-5-2-6-17-36)32-41(31-39)56-49-23-11-8-19-43(49)46-33-37(26-28-51(46)56)38-27-29-52-47(34-38)44-20-9-12-24-50(44)57(52)53-25-13-21-45-42-18-7-10-22-48(42)55-54(45)53/h1-34,55H. The third-order valence-electron chi connectivity index (χ3n) is 11.8. The van der Waals surface area contributed by atoms with Gasteiger partial charge in [-0.2, -0.15) is 0 Å². The number of H-pyrrole nitrogens is 1. The molecule has 1 N–H and O–H groups in total. The van der Waals surface area contributed by atoms with Crippen LogP contribution in [0, 0.1) is 0 Å². The first kappa shape index (κ1) is 31.7. The summed E-state index contributed by atoms with van der Waals surface area (Å²) in [7, 11) is 0. The lowest BCUT2D eigenvalue weighted by Crippen LogP contribution is -1.96. The van der Waals surface area contributed by atoms with Crippen molar-refractivity contribution in [1.82, 2.24) is 14.1 Å². The Hall–Kier alpha value is -7.62. The van der Waals surface area contributed by atoms with E-state index < -0.39 is 0 Å². The molecule has 0 atom stereocenters. The highest BCUT2D eigenvalue weighted by Crippen LogP contribution is 2.41. The smallest absolute Gasteiger partial charge is 0.0709 e. The Bertz CT molecular complexity index is 3450. The van der Waals surface area contributed by atoms with E-state index in [1.807, 2.05) is 0 Å². The van der Waals surface area contributed by atoms with E-state index >= 15 is 0 Å². The fourth-order valence-electron chi connectivity index (χ4n) is 9.22. The highest BCUT2D eigenvalue weighted by atomic mass is 15.0. The number of benzene rings is 9. The summed E-state index contributed by atoms with van der Waals surface area (Å²) in [6.07, 6.45) is 0. The molecule has 0 fully saturated rings. The molecular formula is C54H35N3. The van der Waals surface area contributed by atoms with Crippen LogP contribution < -0.4 is 0 Å². The highest BCUT2D eigenvalue weighted by Gasteiger charge is 2.19. The molecule has 0 aliphatic carbocycles. The summed E-state index contributed by atoms with van der Waals surface area (Å²) in [5, 5.41) is 7.45. The van der Waals surface area contributed by atoms with Gasteiger partial charge in [0.15, 0.2) is 0 Å². The first-order valence-electron chi connectivity index (χ1n) is 19.6. The van der Waals surface area contributed by atoms with Crippen LogP contribution in [-0.4, -0.2) is 14.1 Å². The molecule has 9 aromatic carbocycles. The lowest BCUT2D eigenvalue weighted by atomic mass is 9.98. The molecule has 0 bridgehead atoms. The van der Waals surface area contributed by atoms with Crippen LogP contribution >= 0.6 is 0 Å². The Morgan fingerprint density at radius 3 is 1.40 bits per heavy atom. The van der Waals surface area contributed by atoms with Crippen LogP contribution in [0.15, 0.2) is 206 Å². The number of aromatic nitrogens is 3. The largest absolute Gasteiger partial charge is 0.353 e. The van der Waals surface area contributed by atoms with Gasteiger partial charge >= 0.3 is 0 Å². The summed E-state index contributed by atoms with van der Waals surface area (Å²) in [5.41, 5.74) is 16.6. The fourth-order valence-corrected chi connectivity index (χ4v) is 9.22.